The number of nitrogens with one attached hydrogen (secondary N) is 2. The molecule has 0 bridgehead atoms. The summed E-state index contributed by atoms with van der Waals surface area (Å²) in [6.07, 6.45) is 2.64. The minimum Gasteiger partial charge on any atom is -0.315 e. The van der Waals surface area contributed by atoms with Gasteiger partial charge in [0.1, 0.15) is 0 Å². The van der Waals surface area contributed by atoms with E-state index in [2.05, 4.69) is 41.0 Å². The second-order valence-corrected chi connectivity index (χ2v) is 5.31. The molecule has 1 aromatic carbocycles. The van der Waals surface area contributed by atoms with Gasteiger partial charge in [-0.2, -0.15) is 0 Å². The quantitative estimate of drug-likeness (QED) is 0.781. The number of hydrogen-bond donors (Lipinski definition) is 2. The van der Waals surface area contributed by atoms with Gasteiger partial charge in [-0.25, -0.2) is 0 Å². The minimum absolute atomic E-state index is 0.562. The van der Waals surface area contributed by atoms with Gasteiger partial charge in [0.15, 0.2) is 0 Å². The molecule has 1 aromatic rings. The molecule has 2 heteroatoms. The van der Waals surface area contributed by atoms with Crippen LogP contribution in [0.4, 0.5) is 0 Å². The van der Waals surface area contributed by atoms with Gasteiger partial charge in [0.2, 0.25) is 0 Å². The summed E-state index contributed by atoms with van der Waals surface area (Å²) in [5, 5.41) is 7.11. The van der Waals surface area contributed by atoms with Crippen molar-refractivity contribution < 1.29 is 0 Å². The fraction of sp³-hybridized carbons (Fsp3) is 0.571. The summed E-state index contributed by atoms with van der Waals surface area (Å²) < 4.78 is 0. The van der Waals surface area contributed by atoms with E-state index in [0.717, 1.165) is 19.0 Å². The van der Waals surface area contributed by atoms with Gasteiger partial charge >= 0.3 is 0 Å². The van der Waals surface area contributed by atoms with Crippen LogP contribution in [0.2, 0.25) is 0 Å². The van der Waals surface area contributed by atoms with Crippen molar-refractivity contribution in [2.45, 2.75) is 12.8 Å². The molecule has 1 aliphatic carbocycles. The predicted octanol–water partition coefficient (Wildman–Crippen LogP) is 1.43. The van der Waals surface area contributed by atoms with Crippen molar-refractivity contribution in [1.29, 1.82) is 0 Å². The Morgan fingerprint density at radius 3 is 2.44 bits per heavy atom. The highest BCUT2D eigenvalue weighted by Gasteiger charge is 2.53. The molecule has 0 radical (unpaired) electrons. The molecule has 1 atom stereocenters. The standard InChI is InChI=1S/C14H20N2/c1-2-4-12(5-3-1)8-13-9-14(13)10-15-6-7-16-11-14/h1-5,13,15-16H,6-11H2. The molecule has 0 amide bonds. The van der Waals surface area contributed by atoms with Crippen LogP contribution in [0.3, 0.4) is 0 Å². The van der Waals surface area contributed by atoms with Crippen LogP contribution in [0.15, 0.2) is 30.3 Å². The molecular formula is C14H20N2. The van der Waals surface area contributed by atoms with E-state index >= 15 is 0 Å². The summed E-state index contributed by atoms with van der Waals surface area (Å²) in [6.45, 7) is 4.66. The lowest BCUT2D eigenvalue weighted by Gasteiger charge is -2.14. The van der Waals surface area contributed by atoms with Crippen LogP contribution in [0.25, 0.3) is 0 Å². The molecule has 2 fully saturated rings. The van der Waals surface area contributed by atoms with Gasteiger partial charge in [0.25, 0.3) is 0 Å². The third kappa shape index (κ3) is 2.00. The van der Waals surface area contributed by atoms with E-state index in [9.17, 15) is 0 Å². The van der Waals surface area contributed by atoms with Gasteiger partial charge in [-0.15, -0.1) is 0 Å². The highest BCUT2D eigenvalue weighted by molar-refractivity contribution is 5.19. The average Bonchev–Trinajstić information content (AvgIpc) is 3.04. The molecule has 1 heterocycles. The first-order valence-electron chi connectivity index (χ1n) is 6.34. The molecule has 1 aliphatic heterocycles. The van der Waals surface area contributed by atoms with E-state index in [1.807, 2.05) is 0 Å². The van der Waals surface area contributed by atoms with Gasteiger partial charge < -0.3 is 10.6 Å². The summed E-state index contributed by atoms with van der Waals surface area (Å²) in [7, 11) is 0. The Balaban J connectivity index is 1.62. The maximum Gasteiger partial charge on any atom is 0.00769 e. The van der Waals surface area contributed by atoms with Crippen molar-refractivity contribution in [2.24, 2.45) is 11.3 Å². The Morgan fingerprint density at radius 2 is 1.75 bits per heavy atom. The summed E-state index contributed by atoms with van der Waals surface area (Å²) in [5.74, 6) is 0.882. The van der Waals surface area contributed by atoms with Gasteiger partial charge in [-0.1, -0.05) is 30.3 Å². The molecule has 2 N–H and O–H groups in total. The number of benzene rings is 1. The van der Waals surface area contributed by atoms with Crippen LogP contribution in [0, 0.1) is 11.3 Å². The third-order valence-electron chi connectivity index (χ3n) is 4.12. The molecule has 1 saturated carbocycles. The Morgan fingerprint density at radius 1 is 1.06 bits per heavy atom. The average molecular weight is 216 g/mol. The molecule has 2 aliphatic rings. The summed E-state index contributed by atoms with van der Waals surface area (Å²) in [5.41, 5.74) is 2.06. The lowest BCUT2D eigenvalue weighted by Crippen LogP contribution is -2.27. The van der Waals surface area contributed by atoms with Crippen molar-refractivity contribution in [2.75, 3.05) is 26.2 Å². The van der Waals surface area contributed by atoms with Crippen LogP contribution >= 0.6 is 0 Å². The van der Waals surface area contributed by atoms with E-state index in [4.69, 9.17) is 0 Å². The van der Waals surface area contributed by atoms with E-state index in [1.54, 1.807) is 0 Å². The van der Waals surface area contributed by atoms with Gasteiger partial charge in [-0.3, -0.25) is 0 Å². The monoisotopic (exact) mass is 216 g/mol. The second kappa shape index (κ2) is 4.19. The Hall–Kier alpha value is -0.860. The first-order chi connectivity index (χ1) is 7.89. The van der Waals surface area contributed by atoms with E-state index in [-0.39, 0.29) is 0 Å². The van der Waals surface area contributed by atoms with Crippen molar-refractivity contribution in [3.63, 3.8) is 0 Å². The zero-order valence-electron chi connectivity index (χ0n) is 9.71. The van der Waals surface area contributed by atoms with Gasteiger partial charge in [-0.05, 0) is 29.7 Å². The minimum atomic E-state index is 0.562. The van der Waals surface area contributed by atoms with Crippen molar-refractivity contribution in [3.05, 3.63) is 35.9 Å². The first kappa shape index (κ1) is 10.3. The highest BCUT2D eigenvalue weighted by atomic mass is 15.0. The third-order valence-corrected chi connectivity index (χ3v) is 4.12. The van der Waals surface area contributed by atoms with Crippen LogP contribution < -0.4 is 10.6 Å². The Kier molecular flexibility index (Phi) is 2.70. The Labute approximate surface area is 97.4 Å². The first-order valence-corrected chi connectivity index (χ1v) is 6.34. The molecule has 1 saturated heterocycles. The van der Waals surface area contributed by atoms with E-state index < -0.39 is 0 Å². The maximum absolute atomic E-state index is 3.55. The van der Waals surface area contributed by atoms with Crippen molar-refractivity contribution >= 4 is 0 Å². The molecular weight excluding hydrogens is 196 g/mol. The largest absolute Gasteiger partial charge is 0.315 e. The lowest BCUT2D eigenvalue weighted by molar-refractivity contribution is 0.432. The summed E-state index contributed by atoms with van der Waals surface area (Å²) in [4.78, 5) is 0. The lowest BCUT2D eigenvalue weighted by atomic mass is 9.99. The van der Waals surface area contributed by atoms with Crippen molar-refractivity contribution in [3.8, 4) is 0 Å². The molecule has 0 aromatic heterocycles. The van der Waals surface area contributed by atoms with Gasteiger partial charge in [0.05, 0.1) is 0 Å². The van der Waals surface area contributed by atoms with Crippen LogP contribution in [0.5, 0.6) is 0 Å². The SMILES string of the molecule is c1ccc(CC2CC23CNCCNC3)cc1. The van der Waals surface area contributed by atoms with Crippen LogP contribution in [0.1, 0.15) is 12.0 Å². The van der Waals surface area contributed by atoms with E-state index in [1.165, 1.54) is 31.5 Å². The maximum atomic E-state index is 3.55. The molecule has 16 heavy (non-hydrogen) atoms. The van der Waals surface area contributed by atoms with Crippen molar-refractivity contribution in [1.82, 2.24) is 10.6 Å². The van der Waals surface area contributed by atoms with Gasteiger partial charge in [0, 0.05) is 26.2 Å². The van der Waals surface area contributed by atoms with Crippen LogP contribution in [-0.2, 0) is 6.42 Å². The molecule has 86 valence electrons. The summed E-state index contributed by atoms with van der Waals surface area (Å²) in [6, 6.07) is 10.9. The normalized spacial score (nSPS) is 27.6. The molecule has 2 nitrogen and oxygen atoms in total. The second-order valence-electron chi connectivity index (χ2n) is 5.31. The number of rotatable bonds is 2. The zero-order valence-corrected chi connectivity index (χ0v) is 9.71. The highest BCUT2D eigenvalue weighted by Crippen LogP contribution is 2.53. The number of hydrogen-bond acceptors (Lipinski definition) is 2. The van der Waals surface area contributed by atoms with Crippen LogP contribution in [-0.4, -0.2) is 26.2 Å². The van der Waals surface area contributed by atoms with E-state index in [0.29, 0.717) is 5.41 Å². The molecule has 1 unspecified atom stereocenters. The molecule has 3 rings (SSSR count). The topological polar surface area (TPSA) is 24.1 Å². The zero-order chi connectivity index (χ0) is 10.8. The fourth-order valence-electron chi connectivity index (χ4n) is 2.97. The Bertz CT molecular complexity index is 339. The fourth-order valence-corrected chi connectivity index (χ4v) is 2.97. The molecule has 1 spiro atoms. The summed E-state index contributed by atoms with van der Waals surface area (Å²) >= 11 is 0. The smallest absolute Gasteiger partial charge is 0.00769 e. The predicted molar refractivity (Wildman–Crippen MR) is 66.4 cm³/mol.